The highest BCUT2D eigenvalue weighted by atomic mass is 19.1. The number of aliphatic hydroxyl groups excluding tert-OH is 1. The number of carbonyl (C=O) groups is 2. The molecular formula is C28H22FN3O4. The Morgan fingerprint density at radius 2 is 1.44 bits per heavy atom. The predicted molar refractivity (Wildman–Crippen MR) is 133 cm³/mol. The van der Waals surface area contributed by atoms with Crippen molar-refractivity contribution in [3.8, 4) is 5.69 Å². The largest absolute Gasteiger partial charge is 0.507 e. The van der Waals surface area contributed by atoms with Gasteiger partial charge >= 0.3 is 0 Å². The molecule has 1 saturated heterocycles. The van der Waals surface area contributed by atoms with Gasteiger partial charge in [0.1, 0.15) is 17.3 Å². The number of hydrogen-bond donors (Lipinski definition) is 1. The average molecular weight is 483 g/mol. The molecule has 1 aliphatic heterocycles. The Morgan fingerprint density at radius 3 is 2.08 bits per heavy atom. The summed E-state index contributed by atoms with van der Waals surface area (Å²) in [6.07, 6.45) is 0. The molecule has 180 valence electrons. The first kappa shape index (κ1) is 23.0. The molecule has 0 bridgehead atoms. The smallest absolute Gasteiger partial charge is 0.300 e. The van der Waals surface area contributed by atoms with Gasteiger partial charge in [0.15, 0.2) is 0 Å². The van der Waals surface area contributed by atoms with Crippen molar-refractivity contribution in [2.75, 3.05) is 4.90 Å². The minimum atomic E-state index is -1.34. The van der Waals surface area contributed by atoms with Gasteiger partial charge in [0, 0.05) is 18.2 Å². The lowest BCUT2D eigenvalue weighted by molar-refractivity contribution is -0.132. The third-order valence-corrected chi connectivity index (χ3v) is 6.46. The second-order valence-corrected chi connectivity index (χ2v) is 8.47. The van der Waals surface area contributed by atoms with Gasteiger partial charge in [0.25, 0.3) is 17.2 Å². The molecule has 0 spiro atoms. The number of rotatable bonds is 4. The Hall–Kier alpha value is -4.72. The van der Waals surface area contributed by atoms with Crippen LogP contribution in [0.5, 0.6) is 0 Å². The molecule has 0 unspecified atom stereocenters. The van der Waals surface area contributed by atoms with E-state index in [4.69, 9.17) is 0 Å². The number of ketones is 1. The van der Waals surface area contributed by atoms with Gasteiger partial charge in [-0.2, -0.15) is 0 Å². The molecule has 4 aromatic rings. The van der Waals surface area contributed by atoms with Gasteiger partial charge in [0.2, 0.25) is 0 Å². The minimum Gasteiger partial charge on any atom is -0.507 e. The minimum absolute atomic E-state index is 0.0110. The van der Waals surface area contributed by atoms with Crippen LogP contribution in [0.25, 0.3) is 11.4 Å². The fourth-order valence-corrected chi connectivity index (χ4v) is 4.64. The second kappa shape index (κ2) is 8.81. The molecule has 1 N–H and O–H groups in total. The molecule has 3 aromatic carbocycles. The maximum Gasteiger partial charge on any atom is 0.300 e. The van der Waals surface area contributed by atoms with Gasteiger partial charge in [-0.25, -0.2) is 9.07 Å². The number of amides is 1. The van der Waals surface area contributed by atoms with Crippen molar-refractivity contribution in [3.63, 3.8) is 0 Å². The molecule has 1 fully saturated rings. The maximum absolute atomic E-state index is 15.1. The first-order chi connectivity index (χ1) is 17.3. The normalized spacial score (nSPS) is 17.1. The monoisotopic (exact) mass is 483 g/mol. The van der Waals surface area contributed by atoms with E-state index < -0.39 is 34.9 Å². The zero-order valence-electron chi connectivity index (χ0n) is 19.6. The molecule has 0 aliphatic carbocycles. The van der Waals surface area contributed by atoms with Crippen molar-refractivity contribution < 1.29 is 19.1 Å². The first-order valence-corrected chi connectivity index (χ1v) is 11.3. The van der Waals surface area contributed by atoms with E-state index in [1.165, 1.54) is 22.9 Å². The summed E-state index contributed by atoms with van der Waals surface area (Å²) in [6.45, 7) is 1.64. The SMILES string of the molecule is Cc1c(N2C(=O)C(=O)C(=C(O)c3ccccc3)[C@@H]2c2ccccc2F)c(=O)n(-c2ccccc2)n1C. The van der Waals surface area contributed by atoms with Crippen LogP contribution in [0.1, 0.15) is 22.9 Å². The number of Topliss-reactive ketones (excluding diaryl/α,β-unsaturated/α-hetero) is 1. The van der Waals surface area contributed by atoms with E-state index in [1.54, 1.807) is 79.3 Å². The molecule has 0 saturated carbocycles. The van der Waals surface area contributed by atoms with Crippen LogP contribution in [0.3, 0.4) is 0 Å². The van der Waals surface area contributed by atoms with Crippen molar-refractivity contribution in [2.24, 2.45) is 7.05 Å². The zero-order chi connectivity index (χ0) is 25.6. The highest BCUT2D eigenvalue weighted by Gasteiger charge is 2.49. The molecular weight excluding hydrogens is 461 g/mol. The van der Waals surface area contributed by atoms with Crippen molar-refractivity contribution in [1.82, 2.24) is 9.36 Å². The highest BCUT2D eigenvalue weighted by Crippen LogP contribution is 2.43. The fraction of sp³-hybridized carbons (Fsp3) is 0.107. The van der Waals surface area contributed by atoms with Crippen LogP contribution in [0, 0.1) is 12.7 Å². The molecule has 5 rings (SSSR count). The number of benzene rings is 3. The number of aromatic nitrogens is 2. The summed E-state index contributed by atoms with van der Waals surface area (Å²) in [6, 6.07) is 21.4. The quantitative estimate of drug-likeness (QED) is 0.267. The van der Waals surface area contributed by atoms with E-state index in [0.29, 0.717) is 16.9 Å². The summed E-state index contributed by atoms with van der Waals surface area (Å²) in [5, 5.41) is 11.1. The number of anilines is 1. The lowest BCUT2D eigenvalue weighted by atomic mass is 9.95. The van der Waals surface area contributed by atoms with Crippen LogP contribution in [0.15, 0.2) is 95.3 Å². The summed E-state index contributed by atoms with van der Waals surface area (Å²) in [4.78, 5) is 41.5. The van der Waals surface area contributed by atoms with Crippen LogP contribution in [-0.2, 0) is 16.6 Å². The van der Waals surface area contributed by atoms with Gasteiger partial charge < -0.3 is 5.11 Å². The topological polar surface area (TPSA) is 84.5 Å². The van der Waals surface area contributed by atoms with E-state index in [1.807, 2.05) is 6.07 Å². The second-order valence-electron chi connectivity index (χ2n) is 8.47. The molecule has 1 aromatic heterocycles. The van der Waals surface area contributed by atoms with Crippen molar-refractivity contribution >= 4 is 23.1 Å². The lowest BCUT2D eigenvalue weighted by Crippen LogP contribution is -2.34. The number of nitrogens with zero attached hydrogens (tertiary/aromatic N) is 3. The fourth-order valence-electron chi connectivity index (χ4n) is 4.64. The van der Waals surface area contributed by atoms with E-state index in [9.17, 15) is 19.5 Å². The number of carbonyl (C=O) groups excluding carboxylic acids is 2. The molecule has 7 nitrogen and oxygen atoms in total. The van der Waals surface area contributed by atoms with Crippen molar-refractivity contribution in [3.05, 3.63) is 123 Å². The first-order valence-electron chi connectivity index (χ1n) is 11.3. The molecule has 0 radical (unpaired) electrons. The summed E-state index contributed by atoms with van der Waals surface area (Å²) < 4.78 is 18.1. The molecule has 2 heterocycles. The summed E-state index contributed by atoms with van der Waals surface area (Å²) in [7, 11) is 1.66. The van der Waals surface area contributed by atoms with Gasteiger partial charge in [0.05, 0.1) is 23.0 Å². The summed E-state index contributed by atoms with van der Waals surface area (Å²) in [5.74, 6) is -3.14. The Balaban J connectivity index is 1.81. The van der Waals surface area contributed by atoms with Crippen LogP contribution >= 0.6 is 0 Å². The zero-order valence-corrected chi connectivity index (χ0v) is 19.6. The Bertz CT molecular complexity index is 1590. The van der Waals surface area contributed by atoms with Crippen molar-refractivity contribution in [2.45, 2.75) is 13.0 Å². The van der Waals surface area contributed by atoms with Gasteiger partial charge in [-0.3, -0.25) is 24.0 Å². The molecule has 1 amide bonds. The van der Waals surface area contributed by atoms with Crippen LogP contribution in [0.4, 0.5) is 10.1 Å². The summed E-state index contributed by atoms with van der Waals surface area (Å²) >= 11 is 0. The van der Waals surface area contributed by atoms with Gasteiger partial charge in [-0.1, -0.05) is 66.7 Å². The molecule has 36 heavy (non-hydrogen) atoms. The van der Waals surface area contributed by atoms with Crippen LogP contribution in [-0.4, -0.2) is 26.2 Å². The van der Waals surface area contributed by atoms with E-state index in [2.05, 4.69) is 0 Å². The summed E-state index contributed by atoms with van der Waals surface area (Å²) in [5.41, 5.74) is 0.332. The standard InChI is InChI=1S/C28H22FN3O4/c1-17-23(27(35)32(30(17)2)19-13-7-4-8-14-19)31-24(20-15-9-10-16-21(20)29)22(26(34)28(31)36)25(33)18-11-5-3-6-12-18/h3-16,24,33H,1-2H3/t24-/m0/s1. The number of para-hydroxylation sites is 1. The third-order valence-electron chi connectivity index (χ3n) is 6.46. The number of hydrogen-bond acceptors (Lipinski definition) is 4. The van der Waals surface area contributed by atoms with Crippen molar-refractivity contribution in [1.29, 1.82) is 0 Å². The molecule has 1 aliphatic rings. The van der Waals surface area contributed by atoms with Crippen LogP contribution < -0.4 is 10.5 Å². The van der Waals surface area contributed by atoms with E-state index in [0.717, 1.165) is 4.90 Å². The lowest BCUT2D eigenvalue weighted by Gasteiger charge is -2.24. The van der Waals surface area contributed by atoms with Gasteiger partial charge in [-0.15, -0.1) is 0 Å². The number of aliphatic hydroxyl groups is 1. The predicted octanol–water partition coefficient (Wildman–Crippen LogP) is 4.25. The number of halogens is 1. The Morgan fingerprint density at radius 1 is 0.861 bits per heavy atom. The Kier molecular flexibility index (Phi) is 5.64. The average Bonchev–Trinajstić information content (AvgIpc) is 3.27. The maximum atomic E-state index is 15.1. The molecule has 8 heteroatoms. The van der Waals surface area contributed by atoms with Gasteiger partial charge in [-0.05, 0) is 25.1 Å². The van der Waals surface area contributed by atoms with Crippen LogP contribution in [0.2, 0.25) is 0 Å². The molecule has 1 atom stereocenters. The van der Waals surface area contributed by atoms with E-state index >= 15 is 4.39 Å². The van der Waals surface area contributed by atoms with E-state index in [-0.39, 0.29) is 16.8 Å². The third kappa shape index (κ3) is 3.46. The Labute approximate surface area is 205 Å². The highest BCUT2D eigenvalue weighted by molar-refractivity contribution is 6.51.